The van der Waals surface area contributed by atoms with E-state index in [1.165, 1.54) is 5.69 Å². The van der Waals surface area contributed by atoms with Crippen molar-refractivity contribution in [3.8, 4) is 0 Å². The first-order valence-electron chi connectivity index (χ1n) is 8.18. The van der Waals surface area contributed by atoms with Crippen LogP contribution in [0.2, 0.25) is 0 Å². The molecule has 4 rings (SSSR count). The highest BCUT2D eigenvalue weighted by Gasteiger charge is 2.31. The molecular formula is C17H20N6O. The molecule has 1 aliphatic heterocycles. The van der Waals surface area contributed by atoms with Crippen LogP contribution < -0.4 is 5.32 Å². The fraction of sp³-hybridized carbons (Fsp3) is 0.353. The molecular weight excluding hydrogens is 304 g/mol. The molecule has 24 heavy (non-hydrogen) atoms. The lowest BCUT2D eigenvalue weighted by molar-refractivity contribution is 0.190. The zero-order valence-corrected chi connectivity index (χ0v) is 13.6. The molecule has 0 saturated carbocycles. The highest BCUT2D eigenvalue weighted by atomic mass is 16.2. The molecule has 4 heterocycles. The Kier molecular flexibility index (Phi) is 3.68. The summed E-state index contributed by atoms with van der Waals surface area (Å²) >= 11 is 0. The van der Waals surface area contributed by atoms with E-state index in [0.717, 1.165) is 30.9 Å². The van der Waals surface area contributed by atoms with Gasteiger partial charge in [0, 0.05) is 31.7 Å². The fourth-order valence-corrected chi connectivity index (χ4v) is 3.41. The number of nitrogens with zero attached hydrogens (tertiary/aromatic N) is 5. The van der Waals surface area contributed by atoms with E-state index in [9.17, 15) is 4.79 Å². The van der Waals surface area contributed by atoms with E-state index in [4.69, 9.17) is 0 Å². The molecule has 1 N–H and O–H groups in total. The van der Waals surface area contributed by atoms with Crippen LogP contribution in [0.4, 0.5) is 4.79 Å². The number of fused-ring (bicyclic) bond motifs is 1. The predicted molar refractivity (Wildman–Crippen MR) is 89.3 cm³/mol. The maximum Gasteiger partial charge on any atom is 0.318 e. The maximum absolute atomic E-state index is 12.6. The molecule has 0 radical (unpaired) electrons. The van der Waals surface area contributed by atoms with E-state index in [-0.39, 0.29) is 12.1 Å². The molecule has 0 aromatic carbocycles. The maximum atomic E-state index is 12.6. The van der Waals surface area contributed by atoms with E-state index < -0.39 is 0 Å². The predicted octanol–water partition coefficient (Wildman–Crippen LogP) is 2.11. The molecule has 0 bridgehead atoms. The van der Waals surface area contributed by atoms with Crippen molar-refractivity contribution in [2.24, 2.45) is 7.05 Å². The third-order valence-corrected chi connectivity index (χ3v) is 4.62. The van der Waals surface area contributed by atoms with Crippen LogP contribution in [0.15, 0.2) is 42.7 Å². The van der Waals surface area contributed by atoms with Gasteiger partial charge < -0.3 is 14.8 Å². The lowest BCUT2D eigenvalue weighted by Gasteiger charge is -2.25. The summed E-state index contributed by atoms with van der Waals surface area (Å²) in [5, 5.41) is 11.2. The molecule has 1 fully saturated rings. The van der Waals surface area contributed by atoms with Crippen LogP contribution in [0, 0.1) is 0 Å². The Morgan fingerprint density at radius 1 is 1.25 bits per heavy atom. The van der Waals surface area contributed by atoms with E-state index >= 15 is 0 Å². The van der Waals surface area contributed by atoms with Crippen LogP contribution in [-0.4, -0.2) is 36.6 Å². The Hall–Kier alpha value is -2.83. The lowest BCUT2D eigenvalue weighted by Crippen LogP contribution is -2.39. The number of urea groups is 1. The summed E-state index contributed by atoms with van der Waals surface area (Å²) in [7, 11) is 2.02. The molecule has 0 unspecified atom stereocenters. The average Bonchev–Trinajstić information content (AvgIpc) is 3.31. The number of amides is 2. The van der Waals surface area contributed by atoms with Crippen LogP contribution in [-0.2, 0) is 13.6 Å². The summed E-state index contributed by atoms with van der Waals surface area (Å²) in [6.45, 7) is 1.14. The second kappa shape index (κ2) is 5.99. The number of aromatic nitrogens is 4. The van der Waals surface area contributed by atoms with Gasteiger partial charge in [-0.15, -0.1) is 10.2 Å². The summed E-state index contributed by atoms with van der Waals surface area (Å²) in [5.74, 6) is 0.730. The van der Waals surface area contributed by atoms with Crippen molar-refractivity contribution in [3.63, 3.8) is 0 Å². The Morgan fingerprint density at radius 3 is 3.00 bits per heavy atom. The molecule has 7 nitrogen and oxygen atoms in total. The largest absolute Gasteiger partial charge is 0.353 e. The van der Waals surface area contributed by atoms with E-state index in [1.54, 1.807) is 0 Å². The summed E-state index contributed by atoms with van der Waals surface area (Å²) in [6.07, 6.45) is 5.95. The van der Waals surface area contributed by atoms with Gasteiger partial charge in [0.25, 0.3) is 0 Å². The Morgan fingerprint density at radius 2 is 2.17 bits per heavy atom. The van der Waals surface area contributed by atoms with Gasteiger partial charge in [0.15, 0.2) is 11.5 Å². The van der Waals surface area contributed by atoms with Gasteiger partial charge >= 0.3 is 6.03 Å². The number of carbonyl (C=O) groups is 1. The van der Waals surface area contributed by atoms with Crippen molar-refractivity contribution in [1.82, 2.24) is 29.4 Å². The Balaban J connectivity index is 1.47. The average molecular weight is 324 g/mol. The monoisotopic (exact) mass is 324 g/mol. The molecule has 0 spiro atoms. The number of hydrogen-bond acceptors (Lipinski definition) is 3. The normalized spacial score (nSPS) is 17.5. The molecule has 1 aliphatic rings. The van der Waals surface area contributed by atoms with Gasteiger partial charge in [-0.3, -0.25) is 4.40 Å². The van der Waals surface area contributed by atoms with Crippen LogP contribution in [0.1, 0.15) is 30.4 Å². The van der Waals surface area contributed by atoms with Gasteiger partial charge in [0.2, 0.25) is 0 Å². The number of likely N-dealkylation sites (tertiary alicyclic amines) is 1. The summed E-state index contributed by atoms with van der Waals surface area (Å²) in [6, 6.07) is 9.93. The molecule has 3 aromatic rings. The number of carbonyl (C=O) groups excluding carboxylic acids is 1. The zero-order chi connectivity index (χ0) is 16.5. The number of rotatable bonds is 3. The second-order valence-electron chi connectivity index (χ2n) is 6.10. The molecule has 0 aliphatic carbocycles. The first-order valence-corrected chi connectivity index (χ1v) is 8.18. The van der Waals surface area contributed by atoms with Gasteiger partial charge in [-0.05, 0) is 37.1 Å². The van der Waals surface area contributed by atoms with Crippen molar-refractivity contribution >= 4 is 11.7 Å². The molecule has 3 aromatic heterocycles. The first-order chi connectivity index (χ1) is 11.7. The number of nitrogens with one attached hydrogen (secondary N) is 1. The standard InChI is InChI=1S/C17H20N6O/c1-21-9-4-6-13(21)14-7-5-11-22(14)17(24)18-12-16-20-19-15-8-2-3-10-23(15)16/h2-4,6,8-10,14H,5,7,11-12H2,1H3,(H,18,24)/t14-/m0/s1. The fourth-order valence-electron chi connectivity index (χ4n) is 3.41. The van der Waals surface area contributed by atoms with Gasteiger partial charge in [0.05, 0.1) is 12.6 Å². The van der Waals surface area contributed by atoms with Crippen molar-refractivity contribution < 1.29 is 4.79 Å². The third kappa shape index (κ3) is 2.51. The highest BCUT2D eigenvalue weighted by Crippen LogP contribution is 2.31. The SMILES string of the molecule is Cn1cccc1[C@@H]1CCCN1C(=O)NCc1nnc2ccccn12. The van der Waals surface area contributed by atoms with Crippen molar-refractivity contribution in [2.75, 3.05) is 6.54 Å². The minimum Gasteiger partial charge on any atom is -0.353 e. The van der Waals surface area contributed by atoms with Crippen LogP contribution in [0.5, 0.6) is 0 Å². The molecule has 7 heteroatoms. The smallest absolute Gasteiger partial charge is 0.318 e. The third-order valence-electron chi connectivity index (χ3n) is 4.62. The van der Waals surface area contributed by atoms with E-state index in [0.29, 0.717) is 6.54 Å². The molecule has 1 saturated heterocycles. The van der Waals surface area contributed by atoms with Crippen molar-refractivity contribution in [2.45, 2.75) is 25.4 Å². The number of pyridine rings is 1. The number of aryl methyl sites for hydroxylation is 1. The van der Waals surface area contributed by atoms with Gasteiger partial charge in [-0.25, -0.2) is 4.79 Å². The first kappa shape index (κ1) is 14.7. The number of hydrogen-bond donors (Lipinski definition) is 1. The van der Waals surface area contributed by atoms with Crippen LogP contribution >= 0.6 is 0 Å². The topological polar surface area (TPSA) is 67.5 Å². The molecule has 124 valence electrons. The van der Waals surface area contributed by atoms with Crippen LogP contribution in [0.25, 0.3) is 5.65 Å². The van der Waals surface area contributed by atoms with Gasteiger partial charge in [-0.2, -0.15) is 0 Å². The van der Waals surface area contributed by atoms with Gasteiger partial charge in [0.1, 0.15) is 0 Å². The Labute approximate surface area is 139 Å². The molecule has 2 amide bonds. The molecule has 1 atom stereocenters. The van der Waals surface area contributed by atoms with E-state index in [2.05, 4.69) is 26.1 Å². The van der Waals surface area contributed by atoms with Crippen molar-refractivity contribution in [3.05, 3.63) is 54.2 Å². The van der Waals surface area contributed by atoms with Crippen LogP contribution in [0.3, 0.4) is 0 Å². The minimum atomic E-state index is -0.0496. The zero-order valence-electron chi connectivity index (χ0n) is 13.6. The summed E-state index contributed by atoms with van der Waals surface area (Å²) < 4.78 is 3.97. The minimum absolute atomic E-state index is 0.0496. The Bertz CT molecular complexity index is 867. The summed E-state index contributed by atoms with van der Waals surface area (Å²) in [5.41, 5.74) is 1.96. The second-order valence-corrected chi connectivity index (χ2v) is 6.10. The van der Waals surface area contributed by atoms with Crippen molar-refractivity contribution in [1.29, 1.82) is 0 Å². The van der Waals surface area contributed by atoms with E-state index in [1.807, 2.05) is 53.0 Å². The summed E-state index contributed by atoms with van der Waals surface area (Å²) in [4.78, 5) is 14.6. The van der Waals surface area contributed by atoms with Gasteiger partial charge in [-0.1, -0.05) is 6.07 Å². The lowest BCUT2D eigenvalue weighted by atomic mass is 10.1. The highest BCUT2D eigenvalue weighted by molar-refractivity contribution is 5.75. The quantitative estimate of drug-likeness (QED) is 0.802.